The van der Waals surface area contributed by atoms with Gasteiger partial charge in [-0.05, 0) is 18.9 Å². The quantitative estimate of drug-likeness (QED) is 0.0857. The zero-order valence-corrected chi connectivity index (χ0v) is 21.9. The fourth-order valence-corrected chi connectivity index (χ4v) is 3.19. The van der Waals surface area contributed by atoms with Crippen molar-refractivity contribution in [2.24, 2.45) is 0 Å². The van der Waals surface area contributed by atoms with Crippen LogP contribution in [0.25, 0.3) is 0 Å². The van der Waals surface area contributed by atoms with E-state index in [1.165, 1.54) is 19.2 Å². The molecule has 0 aromatic heterocycles. The fourth-order valence-electron chi connectivity index (χ4n) is 3.00. The smallest absolute Gasteiger partial charge is 0.278 e. The van der Waals surface area contributed by atoms with Crippen molar-refractivity contribution in [2.45, 2.75) is 32.3 Å². The molecule has 0 saturated heterocycles. The van der Waals surface area contributed by atoms with Gasteiger partial charge in [0.15, 0.2) is 11.5 Å². The van der Waals surface area contributed by atoms with E-state index in [0.717, 1.165) is 38.2 Å². The van der Waals surface area contributed by atoms with E-state index in [0.29, 0.717) is 58.6 Å². The van der Waals surface area contributed by atoms with Crippen LogP contribution in [0.4, 0.5) is 5.69 Å². The molecular weight excluding hydrogens is 498 g/mol. The van der Waals surface area contributed by atoms with Gasteiger partial charge in [0.1, 0.15) is 6.61 Å². The van der Waals surface area contributed by atoms with Crippen LogP contribution >= 0.6 is 11.6 Å². The molecule has 0 fully saturated rings. The maximum atomic E-state index is 11.1. The number of nitro benzene ring substituents is 1. The average molecular weight is 538 g/mol. The van der Waals surface area contributed by atoms with E-state index in [2.05, 4.69) is 0 Å². The van der Waals surface area contributed by atoms with Crippen molar-refractivity contribution in [2.75, 3.05) is 85.7 Å². The highest BCUT2D eigenvalue weighted by atomic mass is 35.5. The van der Waals surface area contributed by atoms with Crippen LogP contribution in [0.15, 0.2) is 12.1 Å². The number of alkyl halides is 1. The summed E-state index contributed by atoms with van der Waals surface area (Å²) in [5.74, 6) is 1.24. The topological polar surface area (TPSA) is 128 Å². The normalized spacial score (nSPS) is 11.1. The molecule has 0 heterocycles. The number of nitro groups is 1. The Bertz CT molecular complexity index is 695. The second-order valence-electron chi connectivity index (χ2n) is 7.56. The van der Waals surface area contributed by atoms with Gasteiger partial charge in [-0.1, -0.05) is 12.8 Å². The Morgan fingerprint density at radius 3 is 1.72 bits per heavy atom. The van der Waals surface area contributed by atoms with Crippen LogP contribution in [0.2, 0.25) is 0 Å². The minimum Gasteiger partial charge on any atom is -0.493 e. The summed E-state index contributed by atoms with van der Waals surface area (Å²) >= 11 is 5.63. The molecule has 1 rings (SSSR count). The van der Waals surface area contributed by atoms with Crippen LogP contribution in [0.3, 0.4) is 0 Å². The summed E-state index contributed by atoms with van der Waals surface area (Å²) in [4.78, 5) is 10.6. The number of hydrogen-bond donors (Lipinski definition) is 1. The van der Waals surface area contributed by atoms with Gasteiger partial charge in [-0.25, -0.2) is 0 Å². The van der Waals surface area contributed by atoms with E-state index in [4.69, 9.17) is 44.8 Å². The molecule has 0 amide bonds. The number of halogens is 1. The largest absolute Gasteiger partial charge is 0.493 e. The van der Waals surface area contributed by atoms with Crippen molar-refractivity contribution in [1.29, 1.82) is 0 Å². The van der Waals surface area contributed by atoms with Crippen LogP contribution in [0, 0.1) is 10.1 Å². The van der Waals surface area contributed by atoms with Gasteiger partial charge in [0.05, 0.1) is 89.7 Å². The number of methoxy groups -OCH3 is 1. The number of rotatable bonds is 25. The van der Waals surface area contributed by atoms with Crippen LogP contribution in [-0.2, 0) is 30.3 Å². The van der Waals surface area contributed by atoms with E-state index in [-0.39, 0.29) is 30.2 Å². The van der Waals surface area contributed by atoms with Gasteiger partial charge in [0, 0.05) is 12.5 Å². The zero-order chi connectivity index (χ0) is 26.3. The van der Waals surface area contributed by atoms with Gasteiger partial charge >= 0.3 is 0 Å². The molecule has 0 atom stereocenters. The molecule has 0 unspecified atom stereocenters. The fraction of sp³-hybridized carbons (Fsp3) is 0.750. The molecule has 0 spiro atoms. The maximum Gasteiger partial charge on any atom is 0.278 e. The summed E-state index contributed by atoms with van der Waals surface area (Å²) in [7, 11) is 1.42. The molecule has 0 saturated carbocycles. The molecule has 1 aromatic rings. The predicted octanol–water partition coefficient (Wildman–Crippen LogP) is 3.36. The van der Waals surface area contributed by atoms with Gasteiger partial charge in [-0.2, -0.15) is 0 Å². The summed E-state index contributed by atoms with van der Waals surface area (Å²) in [5.41, 5.74) is -0.0788. The number of hydrogen-bond acceptors (Lipinski definition) is 10. The number of nitrogens with zero attached hydrogens (tertiary/aromatic N) is 1. The standard InChI is InChI=1S/C24H40ClNO10/c1-30-23-18-21(20-27)22(26(28)29)19-24(23)36-17-16-35-15-14-34-13-12-33-11-10-32-9-8-31-7-5-3-2-4-6-25/h18-19,27H,2-17,20H2,1H3. The third-order valence-corrected chi connectivity index (χ3v) is 5.14. The summed E-state index contributed by atoms with van der Waals surface area (Å²) < 4.78 is 38.0. The first kappa shape index (κ1) is 32.3. The highest BCUT2D eigenvalue weighted by molar-refractivity contribution is 6.17. The molecule has 11 nitrogen and oxygen atoms in total. The number of aliphatic hydroxyl groups is 1. The van der Waals surface area contributed by atoms with Crippen LogP contribution in [-0.4, -0.2) is 95.7 Å². The summed E-state index contributed by atoms with van der Waals surface area (Å²) in [6.45, 7) is 4.59. The average Bonchev–Trinajstić information content (AvgIpc) is 2.89. The van der Waals surface area contributed by atoms with Crippen molar-refractivity contribution < 1.29 is 43.2 Å². The van der Waals surface area contributed by atoms with E-state index >= 15 is 0 Å². The second-order valence-corrected chi connectivity index (χ2v) is 7.94. The third kappa shape index (κ3) is 15.4. The zero-order valence-electron chi connectivity index (χ0n) is 21.1. The first-order valence-corrected chi connectivity index (χ1v) is 12.7. The number of unbranched alkanes of at least 4 members (excludes halogenated alkanes) is 3. The van der Waals surface area contributed by atoms with Crippen molar-refractivity contribution in [3.8, 4) is 11.5 Å². The SMILES string of the molecule is COc1cc(CO)c([N+](=O)[O-])cc1OCCOCCOCCOCCOCCOCCCCCCCl. The first-order chi connectivity index (χ1) is 17.6. The van der Waals surface area contributed by atoms with Gasteiger partial charge in [-0.15, -0.1) is 11.6 Å². The third-order valence-electron chi connectivity index (χ3n) is 4.88. The van der Waals surface area contributed by atoms with Crippen LogP contribution in [0.5, 0.6) is 11.5 Å². The lowest BCUT2D eigenvalue weighted by Crippen LogP contribution is -2.14. The van der Waals surface area contributed by atoms with Gasteiger partial charge in [0.2, 0.25) is 0 Å². The van der Waals surface area contributed by atoms with E-state index in [1.54, 1.807) is 0 Å². The summed E-state index contributed by atoms with van der Waals surface area (Å²) in [6, 6.07) is 2.62. The molecule has 0 aliphatic rings. The second kappa shape index (κ2) is 22.5. The molecule has 0 bridgehead atoms. The Kier molecular flexibility index (Phi) is 20.2. The van der Waals surface area contributed by atoms with Crippen molar-refractivity contribution in [1.82, 2.24) is 0 Å². The van der Waals surface area contributed by atoms with Gasteiger partial charge < -0.3 is 38.3 Å². The van der Waals surface area contributed by atoms with Crippen LogP contribution in [0.1, 0.15) is 31.2 Å². The Hall–Kier alpha value is -1.73. The molecule has 0 aliphatic carbocycles. The molecule has 208 valence electrons. The number of benzene rings is 1. The Morgan fingerprint density at radius 1 is 0.750 bits per heavy atom. The summed E-state index contributed by atoms with van der Waals surface area (Å²) in [6.07, 6.45) is 4.42. The highest BCUT2D eigenvalue weighted by Crippen LogP contribution is 2.34. The van der Waals surface area contributed by atoms with E-state index < -0.39 is 11.5 Å². The molecule has 1 aromatic carbocycles. The van der Waals surface area contributed by atoms with Crippen molar-refractivity contribution in [3.63, 3.8) is 0 Å². The van der Waals surface area contributed by atoms with Crippen molar-refractivity contribution >= 4 is 17.3 Å². The molecule has 36 heavy (non-hydrogen) atoms. The van der Waals surface area contributed by atoms with Crippen LogP contribution < -0.4 is 9.47 Å². The lowest BCUT2D eigenvalue weighted by molar-refractivity contribution is -0.385. The monoisotopic (exact) mass is 537 g/mol. The molecule has 12 heteroatoms. The molecular formula is C24H40ClNO10. The highest BCUT2D eigenvalue weighted by Gasteiger charge is 2.19. The van der Waals surface area contributed by atoms with E-state index in [1.807, 2.05) is 0 Å². The lowest BCUT2D eigenvalue weighted by atomic mass is 10.1. The minimum absolute atomic E-state index is 0.152. The number of ether oxygens (including phenoxy) is 7. The summed E-state index contributed by atoms with van der Waals surface area (Å²) in [5, 5.41) is 20.4. The number of aliphatic hydroxyl groups excluding tert-OH is 1. The molecule has 0 radical (unpaired) electrons. The van der Waals surface area contributed by atoms with Crippen molar-refractivity contribution in [3.05, 3.63) is 27.8 Å². The Balaban J connectivity index is 1.93. The Labute approximate surface area is 218 Å². The lowest BCUT2D eigenvalue weighted by Gasteiger charge is -2.12. The molecule has 0 aliphatic heterocycles. The molecule has 1 N–H and O–H groups in total. The van der Waals surface area contributed by atoms with E-state index in [9.17, 15) is 15.2 Å². The van der Waals surface area contributed by atoms with Gasteiger partial charge in [-0.3, -0.25) is 10.1 Å². The maximum absolute atomic E-state index is 11.1. The minimum atomic E-state index is -0.577. The predicted molar refractivity (Wildman–Crippen MR) is 134 cm³/mol. The first-order valence-electron chi connectivity index (χ1n) is 12.2. The van der Waals surface area contributed by atoms with Gasteiger partial charge in [0.25, 0.3) is 5.69 Å². The Morgan fingerprint density at radius 2 is 1.25 bits per heavy atom.